The predicted molar refractivity (Wildman–Crippen MR) is 105 cm³/mol. The lowest BCUT2D eigenvalue weighted by Crippen LogP contribution is -2.64. The Labute approximate surface area is 166 Å². The normalized spacial score (nSPS) is 23.8. The first-order valence-electron chi connectivity index (χ1n) is 9.95. The lowest BCUT2D eigenvalue weighted by Gasteiger charge is -2.33. The third kappa shape index (κ3) is 4.77. The first kappa shape index (κ1) is 22.0. The molecule has 28 heavy (non-hydrogen) atoms. The maximum atomic E-state index is 13.1. The molecule has 4 atom stereocenters. The Morgan fingerprint density at radius 1 is 1.29 bits per heavy atom. The highest BCUT2D eigenvalue weighted by Crippen LogP contribution is 2.29. The van der Waals surface area contributed by atoms with Crippen LogP contribution >= 0.6 is 0 Å². The lowest BCUT2D eigenvalue weighted by molar-refractivity contribution is -0.793. The minimum Gasteiger partial charge on any atom is -0.465 e. The van der Waals surface area contributed by atoms with E-state index in [0.717, 1.165) is 5.56 Å². The van der Waals surface area contributed by atoms with Crippen molar-refractivity contribution in [1.29, 1.82) is 0 Å². The van der Waals surface area contributed by atoms with Crippen molar-refractivity contribution in [3.8, 4) is 0 Å². The van der Waals surface area contributed by atoms with Crippen molar-refractivity contribution >= 4 is 18.0 Å². The van der Waals surface area contributed by atoms with E-state index in [4.69, 9.17) is 4.74 Å². The quantitative estimate of drug-likeness (QED) is 0.523. The summed E-state index contributed by atoms with van der Waals surface area (Å²) >= 11 is 0. The van der Waals surface area contributed by atoms with Crippen LogP contribution in [0.1, 0.15) is 45.6 Å². The molecular formula is C21H31N2O5+. The van der Waals surface area contributed by atoms with Crippen LogP contribution < -0.4 is 5.32 Å². The fourth-order valence-electron chi connectivity index (χ4n) is 3.97. The van der Waals surface area contributed by atoms with Gasteiger partial charge in [-0.1, -0.05) is 30.3 Å². The number of hydrogen-bond acceptors (Lipinski definition) is 5. The Morgan fingerprint density at radius 2 is 1.96 bits per heavy atom. The number of ether oxygens (including phenoxy) is 1. The van der Waals surface area contributed by atoms with E-state index in [-0.39, 0.29) is 19.2 Å². The molecule has 0 bridgehead atoms. The number of carboxylic acid groups (broad SMARTS) is 1. The molecule has 2 N–H and O–H groups in total. The van der Waals surface area contributed by atoms with Crippen molar-refractivity contribution in [2.75, 3.05) is 13.2 Å². The first-order chi connectivity index (χ1) is 13.3. The summed E-state index contributed by atoms with van der Waals surface area (Å²) in [6, 6.07) is 8.03. The van der Waals surface area contributed by atoms with Crippen LogP contribution in [-0.4, -0.2) is 58.8 Å². The number of rotatable bonds is 8. The highest BCUT2D eigenvalue weighted by molar-refractivity contribution is 5.85. The van der Waals surface area contributed by atoms with Gasteiger partial charge in [0.2, 0.25) is 0 Å². The molecule has 1 fully saturated rings. The van der Waals surface area contributed by atoms with E-state index in [1.807, 2.05) is 30.3 Å². The molecule has 1 aromatic carbocycles. The van der Waals surface area contributed by atoms with Crippen LogP contribution in [0.3, 0.4) is 0 Å². The minimum absolute atomic E-state index is 0.247. The van der Waals surface area contributed by atoms with Crippen molar-refractivity contribution in [1.82, 2.24) is 5.32 Å². The molecule has 0 saturated carbocycles. The second kappa shape index (κ2) is 9.80. The Bertz CT molecular complexity index is 693. The molecule has 1 aliphatic heterocycles. The third-order valence-electron chi connectivity index (χ3n) is 5.58. The van der Waals surface area contributed by atoms with Crippen molar-refractivity contribution < 1.29 is 28.7 Å². The molecule has 1 saturated heterocycles. The molecular weight excluding hydrogens is 360 g/mol. The Morgan fingerprint density at radius 3 is 2.50 bits per heavy atom. The highest BCUT2D eigenvalue weighted by atomic mass is 16.5. The van der Waals surface area contributed by atoms with E-state index >= 15 is 0 Å². The summed E-state index contributed by atoms with van der Waals surface area (Å²) in [5.74, 6) is -0.832. The number of imide groups is 1. The van der Waals surface area contributed by atoms with Gasteiger partial charge in [0.05, 0.1) is 13.2 Å². The van der Waals surface area contributed by atoms with Gasteiger partial charge < -0.3 is 9.84 Å². The van der Waals surface area contributed by atoms with Gasteiger partial charge in [0, 0.05) is 12.8 Å². The average Bonchev–Trinajstić information content (AvgIpc) is 3.07. The van der Waals surface area contributed by atoms with Gasteiger partial charge in [-0.3, -0.25) is 10.1 Å². The average molecular weight is 391 g/mol. The third-order valence-corrected chi connectivity index (χ3v) is 5.58. The van der Waals surface area contributed by atoms with E-state index < -0.39 is 34.5 Å². The maximum Gasteiger partial charge on any atom is 0.521 e. The van der Waals surface area contributed by atoms with Gasteiger partial charge in [0.25, 0.3) is 0 Å². The minimum atomic E-state index is -1.12. The summed E-state index contributed by atoms with van der Waals surface area (Å²) in [5, 5.41) is 12.8. The molecule has 2 amide bonds. The number of benzene rings is 1. The van der Waals surface area contributed by atoms with Crippen molar-refractivity contribution in [2.45, 2.75) is 64.6 Å². The lowest BCUT2D eigenvalue weighted by atomic mass is 10.0. The summed E-state index contributed by atoms with van der Waals surface area (Å²) in [5.41, 5.74) is 1.08. The van der Waals surface area contributed by atoms with Gasteiger partial charge >= 0.3 is 18.0 Å². The SMILES string of the molecule is CCOC(=O)C(CCc1ccccc1)N[C@@H](C)C(=O)[N+]1(C(=O)O)CCC[C@H]1C. The molecule has 0 aromatic heterocycles. The Hall–Kier alpha value is -2.25. The largest absolute Gasteiger partial charge is 0.521 e. The molecule has 7 nitrogen and oxygen atoms in total. The number of nitrogens with one attached hydrogen (secondary N) is 1. The van der Waals surface area contributed by atoms with Crippen LogP contribution in [0.15, 0.2) is 30.3 Å². The Kier molecular flexibility index (Phi) is 7.71. The van der Waals surface area contributed by atoms with Crippen molar-refractivity contribution in [2.24, 2.45) is 0 Å². The molecule has 0 spiro atoms. The number of quaternary nitrogens is 1. The summed E-state index contributed by atoms with van der Waals surface area (Å²) in [7, 11) is 0. The van der Waals surface area contributed by atoms with Gasteiger partial charge in [-0.15, -0.1) is 0 Å². The molecule has 0 aliphatic carbocycles. The Balaban J connectivity index is 2.12. The van der Waals surface area contributed by atoms with Crippen molar-refractivity contribution in [3.05, 3.63) is 35.9 Å². The number of carbonyl (C=O) groups is 3. The second-order valence-electron chi connectivity index (χ2n) is 7.42. The smallest absolute Gasteiger partial charge is 0.465 e. The summed E-state index contributed by atoms with van der Waals surface area (Å²) in [6.07, 6.45) is 1.37. The number of carbonyl (C=O) groups excluding carboxylic acids is 2. The maximum absolute atomic E-state index is 13.1. The fraction of sp³-hybridized carbons (Fsp3) is 0.571. The molecule has 1 heterocycles. The fourth-order valence-corrected chi connectivity index (χ4v) is 3.97. The van der Waals surface area contributed by atoms with Crippen LogP contribution in [0.25, 0.3) is 0 Å². The van der Waals surface area contributed by atoms with Crippen LogP contribution in [0.5, 0.6) is 0 Å². The van der Waals surface area contributed by atoms with E-state index in [1.54, 1.807) is 20.8 Å². The molecule has 1 aliphatic rings. The standard InChI is InChI=1S/C21H30N2O5/c1-4-28-20(25)18(13-12-17-10-6-5-7-11-17)22-16(3)19(24)23(21(26)27)14-8-9-15(23)2/h5-7,10-11,15-16,18,22H,4,8-9,12-14H2,1-3H3/p+1/t15-,16+,18?,23?/m1/s1. The van der Waals surface area contributed by atoms with Gasteiger partial charge in [-0.2, -0.15) is 9.28 Å². The molecule has 2 rings (SSSR count). The zero-order chi connectivity index (χ0) is 20.7. The summed E-state index contributed by atoms with van der Waals surface area (Å²) < 4.78 is 4.58. The molecule has 1 aromatic rings. The monoisotopic (exact) mass is 391 g/mol. The topological polar surface area (TPSA) is 92.7 Å². The molecule has 2 unspecified atom stereocenters. The van der Waals surface area contributed by atoms with Gasteiger partial charge in [-0.05, 0) is 39.2 Å². The van der Waals surface area contributed by atoms with Crippen molar-refractivity contribution in [3.63, 3.8) is 0 Å². The number of esters is 1. The van der Waals surface area contributed by atoms with E-state index in [9.17, 15) is 19.5 Å². The highest BCUT2D eigenvalue weighted by Gasteiger charge is 2.54. The molecule has 7 heteroatoms. The summed E-state index contributed by atoms with van der Waals surface area (Å²) in [6.45, 7) is 5.69. The number of aryl methyl sites for hydroxylation is 1. The van der Waals surface area contributed by atoms with E-state index in [2.05, 4.69) is 5.32 Å². The molecule has 154 valence electrons. The number of nitrogens with zero attached hydrogens (tertiary/aromatic N) is 1. The van der Waals surface area contributed by atoms with Gasteiger partial charge in [0.1, 0.15) is 18.1 Å². The van der Waals surface area contributed by atoms with Crippen LogP contribution in [-0.2, 0) is 20.7 Å². The summed E-state index contributed by atoms with van der Waals surface area (Å²) in [4.78, 5) is 37.4. The second-order valence-corrected chi connectivity index (χ2v) is 7.42. The zero-order valence-corrected chi connectivity index (χ0v) is 16.9. The molecule has 0 radical (unpaired) electrons. The van der Waals surface area contributed by atoms with Crippen LogP contribution in [0.4, 0.5) is 4.79 Å². The van der Waals surface area contributed by atoms with Crippen LogP contribution in [0, 0.1) is 0 Å². The van der Waals surface area contributed by atoms with Crippen LogP contribution in [0.2, 0.25) is 0 Å². The predicted octanol–water partition coefficient (Wildman–Crippen LogP) is 2.73. The van der Waals surface area contributed by atoms with Gasteiger partial charge in [0.15, 0.2) is 0 Å². The van der Waals surface area contributed by atoms with Gasteiger partial charge in [-0.25, -0.2) is 4.79 Å². The number of likely N-dealkylation sites (tertiary alicyclic amines) is 1. The van der Waals surface area contributed by atoms with E-state index in [1.165, 1.54) is 0 Å². The number of amides is 2. The van der Waals surface area contributed by atoms with E-state index in [0.29, 0.717) is 25.7 Å². The first-order valence-corrected chi connectivity index (χ1v) is 9.95. The zero-order valence-electron chi connectivity index (χ0n) is 16.9. The number of hydrogen-bond donors (Lipinski definition) is 2.